The quantitative estimate of drug-likeness (QED) is 0.745. The number of hydrogen-bond acceptors (Lipinski definition) is 2. The SMILES string of the molecule is Cc1cccc(C(N)=S)c1NC1CC1. The highest BCUT2D eigenvalue weighted by atomic mass is 32.1. The average molecular weight is 206 g/mol. The Labute approximate surface area is 89.5 Å². The average Bonchev–Trinajstić information content (AvgIpc) is 2.91. The third kappa shape index (κ3) is 1.87. The van der Waals surface area contributed by atoms with Crippen LogP contribution < -0.4 is 11.1 Å². The standard InChI is InChI=1S/C11H14N2S/c1-7-3-2-4-9(11(12)14)10(7)13-8-5-6-8/h2-4,8,13H,5-6H2,1H3,(H2,12,14). The molecule has 2 nitrogen and oxygen atoms in total. The molecule has 0 atom stereocenters. The Kier molecular flexibility index (Phi) is 2.42. The predicted octanol–water partition coefficient (Wildman–Crippen LogP) is 2.20. The van der Waals surface area contributed by atoms with Gasteiger partial charge in [0.1, 0.15) is 4.99 Å². The molecule has 0 saturated heterocycles. The number of nitrogens with two attached hydrogens (primary N) is 1. The second-order valence-corrected chi connectivity index (χ2v) is 4.22. The molecular weight excluding hydrogens is 192 g/mol. The first-order chi connectivity index (χ1) is 6.68. The van der Waals surface area contributed by atoms with Gasteiger partial charge in [-0.3, -0.25) is 0 Å². The van der Waals surface area contributed by atoms with Crippen LogP contribution in [-0.2, 0) is 0 Å². The summed E-state index contributed by atoms with van der Waals surface area (Å²) >= 11 is 5.02. The van der Waals surface area contributed by atoms with Gasteiger partial charge in [-0.1, -0.05) is 24.4 Å². The molecule has 0 unspecified atom stereocenters. The van der Waals surface area contributed by atoms with Crippen molar-refractivity contribution < 1.29 is 0 Å². The smallest absolute Gasteiger partial charge is 0.106 e. The minimum Gasteiger partial charge on any atom is -0.389 e. The summed E-state index contributed by atoms with van der Waals surface area (Å²) in [6, 6.07) is 6.67. The van der Waals surface area contributed by atoms with Crippen LogP contribution in [0, 0.1) is 6.92 Å². The molecule has 1 aromatic rings. The summed E-state index contributed by atoms with van der Waals surface area (Å²) in [7, 11) is 0. The Hall–Kier alpha value is -1.09. The third-order valence-corrected chi connectivity index (χ3v) is 2.68. The maximum atomic E-state index is 5.67. The van der Waals surface area contributed by atoms with E-state index in [4.69, 9.17) is 18.0 Å². The van der Waals surface area contributed by atoms with Crippen LogP contribution in [0.2, 0.25) is 0 Å². The van der Waals surface area contributed by atoms with Gasteiger partial charge in [0.15, 0.2) is 0 Å². The van der Waals surface area contributed by atoms with E-state index in [2.05, 4.69) is 18.3 Å². The summed E-state index contributed by atoms with van der Waals surface area (Å²) < 4.78 is 0. The molecule has 3 N–H and O–H groups in total. The zero-order valence-electron chi connectivity index (χ0n) is 8.21. The lowest BCUT2D eigenvalue weighted by atomic mass is 10.1. The van der Waals surface area contributed by atoms with Crippen molar-refractivity contribution in [1.29, 1.82) is 0 Å². The highest BCUT2D eigenvalue weighted by Gasteiger charge is 2.22. The molecule has 14 heavy (non-hydrogen) atoms. The fourth-order valence-electron chi connectivity index (χ4n) is 1.50. The first-order valence-corrected chi connectivity index (χ1v) is 5.25. The fraction of sp³-hybridized carbons (Fsp3) is 0.364. The summed E-state index contributed by atoms with van der Waals surface area (Å²) in [4.78, 5) is 0.469. The van der Waals surface area contributed by atoms with Crippen LogP contribution in [-0.4, -0.2) is 11.0 Å². The van der Waals surface area contributed by atoms with E-state index in [1.807, 2.05) is 12.1 Å². The van der Waals surface area contributed by atoms with Crippen molar-refractivity contribution in [1.82, 2.24) is 0 Å². The van der Waals surface area contributed by atoms with Crippen molar-refractivity contribution in [2.75, 3.05) is 5.32 Å². The van der Waals surface area contributed by atoms with Gasteiger partial charge in [0.25, 0.3) is 0 Å². The van der Waals surface area contributed by atoms with Crippen LogP contribution in [0.15, 0.2) is 18.2 Å². The number of nitrogens with one attached hydrogen (secondary N) is 1. The zero-order chi connectivity index (χ0) is 10.1. The topological polar surface area (TPSA) is 38.0 Å². The van der Waals surface area contributed by atoms with E-state index in [9.17, 15) is 0 Å². The molecule has 0 aliphatic heterocycles. The van der Waals surface area contributed by atoms with Crippen molar-refractivity contribution in [3.8, 4) is 0 Å². The minimum atomic E-state index is 0.469. The number of aryl methyl sites for hydroxylation is 1. The van der Waals surface area contributed by atoms with Crippen LogP contribution in [0.3, 0.4) is 0 Å². The lowest BCUT2D eigenvalue weighted by Gasteiger charge is -2.13. The number of hydrogen-bond donors (Lipinski definition) is 2. The second kappa shape index (κ2) is 3.58. The van der Waals surface area contributed by atoms with Crippen LogP contribution in [0.1, 0.15) is 24.0 Å². The second-order valence-electron chi connectivity index (χ2n) is 3.78. The first kappa shape index (κ1) is 9.46. The maximum Gasteiger partial charge on any atom is 0.106 e. The highest BCUT2D eigenvalue weighted by Crippen LogP contribution is 2.29. The van der Waals surface area contributed by atoms with Crippen molar-refractivity contribution in [3.63, 3.8) is 0 Å². The minimum absolute atomic E-state index is 0.469. The van der Waals surface area contributed by atoms with Crippen LogP contribution in [0.25, 0.3) is 0 Å². The Morgan fingerprint density at radius 1 is 1.50 bits per heavy atom. The molecule has 1 fully saturated rings. The molecular formula is C11H14N2S. The fourth-order valence-corrected chi connectivity index (χ4v) is 1.67. The molecule has 1 aromatic carbocycles. The van der Waals surface area contributed by atoms with Gasteiger partial charge >= 0.3 is 0 Å². The molecule has 0 bridgehead atoms. The number of rotatable bonds is 3. The summed E-state index contributed by atoms with van der Waals surface area (Å²) in [5.41, 5.74) is 8.96. The molecule has 74 valence electrons. The number of thiocarbonyl (C=S) groups is 1. The van der Waals surface area contributed by atoms with Gasteiger partial charge in [-0.25, -0.2) is 0 Å². The molecule has 1 aliphatic carbocycles. The molecule has 0 spiro atoms. The molecule has 1 saturated carbocycles. The van der Waals surface area contributed by atoms with E-state index in [0.717, 1.165) is 11.3 Å². The van der Waals surface area contributed by atoms with E-state index in [-0.39, 0.29) is 0 Å². The molecule has 3 heteroatoms. The van der Waals surface area contributed by atoms with Gasteiger partial charge in [0, 0.05) is 17.3 Å². The van der Waals surface area contributed by atoms with Gasteiger partial charge in [-0.15, -0.1) is 0 Å². The Bertz CT molecular complexity index is 370. The lowest BCUT2D eigenvalue weighted by Crippen LogP contribution is -2.14. The van der Waals surface area contributed by atoms with Crippen molar-refractivity contribution in [3.05, 3.63) is 29.3 Å². The Balaban J connectivity index is 2.36. The summed E-state index contributed by atoms with van der Waals surface area (Å²) in [6.45, 7) is 2.08. The van der Waals surface area contributed by atoms with Crippen LogP contribution >= 0.6 is 12.2 Å². The van der Waals surface area contributed by atoms with Crippen LogP contribution in [0.5, 0.6) is 0 Å². The molecule has 2 rings (SSSR count). The van der Waals surface area contributed by atoms with Gasteiger partial charge < -0.3 is 11.1 Å². The van der Waals surface area contributed by atoms with Crippen molar-refractivity contribution in [2.24, 2.45) is 5.73 Å². The third-order valence-electron chi connectivity index (χ3n) is 2.46. The molecule has 0 heterocycles. The number of anilines is 1. The van der Waals surface area contributed by atoms with Gasteiger partial charge in [0.05, 0.1) is 0 Å². The normalized spacial score (nSPS) is 15.2. The maximum absolute atomic E-state index is 5.67. The highest BCUT2D eigenvalue weighted by molar-refractivity contribution is 7.80. The van der Waals surface area contributed by atoms with Crippen LogP contribution in [0.4, 0.5) is 5.69 Å². The lowest BCUT2D eigenvalue weighted by molar-refractivity contribution is 1.14. The summed E-state index contributed by atoms with van der Waals surface area (Å²) in [5.74, 6) is 0. The molecule has 1 aliphatic rings. The number of para-hydroxylation sites is 1. The van der Waals surface area contributed by atoms with E-state index in [0.29, 0.717) is 11.0 Å². The largest absolute Gasteiger partial charge is 0.389 e. The summed E-state index contributed by atoms with van der Waals surface area (Å²) in [6.07, 6.45) is 2.51. The van der Waals surface area contributed by atoms with E-state index in [1.165, 1.54) is 18.4 Å². The van der Waals surface area contributed by atoms with E-state index >= 15 is 0 Å². The first-order valence-electron chi connectivity index (χ1n) is 4.84. The zero-order valence-corrected chi connectivity index (χ0v) is 9.03. The van der Waals surface area contributed by atoms with E-state index in [1.54, 1.807) is 0 Å². The Morgan fingerprint density at radius 3 is 2.79 bits per heavy atom. The van der Waals surface area contributed by atoms with Gasteiger partial charge in [-0.2, -0.15) is 0 Å². The van der Waals surface area contributed by atoms with Gasteiger partial charge in [-0.05, 0) is 31.4 Å². The molecule has 0 radical (unpaired) electrons. The number of benzene rings is 1. The molecule has 0 aromatic heterocycles. The Morgan fingerprint density at radius 2 is 2.21 bits per heavy atom. The van der Waals surface area contributed by atoms with Crippen molar-refractivity contribution >= 4 is 22.9 Å². The van der Waals surface area contributed by atoms with Gasteiger partial charge in [0.2, 0.25) is 0 Å². The summed E-state index contributed by atoms with van der Waals surface area (Å²) in [5, 5.41) is 3.47. The van der Waals surface area contributed by atoms with Crippen molar-refractivity contribution in [2.45, 2.75) is 25.8 Å². The van der Waals surface area contributed by atoms with E-state index < -0.39 is 0 Å². The predicted molar refractivity (Wildman–Crippen MR) is 63.7 cm³/mol. The molecule has 0 amide bonds. The monoisotopic (exact) mass is 206 g/mol.